The molecule has 1 aromatic rings. The van der Waals surface area contributed by atoms with Crippen molar-refractivity contribution in [2.75, 3.05) is 26.8 Å². The molecule has 0 radical (unpaired) electrons. The lowest BCUT2D eigenvalue weighted by atomic mass is 9.87. The lowest BCUT2D eigenvalue weighted by molar-refractivity contribution is -0.120. The van der Waals surface area contributed by atoms with Gasteiger partial charge in [-0.15, -0.1) is 0 Å². The molecule has 1 heterocycles. The van der Waals surface area contributed by atoms with E-state index in [-0.39, 0.29) is 6.10 Å². The average Bonchev–Trinajstić information content (AvgIpc) is 2.54. The standard InChI is InChI=1S/C17H24ClNO3/c1-21-14-5-6-17-15(10-14)19(7-8-22-17)11-16(20)12-3-2-4-13(18)9-12/h2-4,9,14-17,20H,5-8,10-11H2,1H3/t14-,15-,16-,17-/m1/s1. The number of ether oxygens (including phenoxy) is 2. The van der Waals surface area contributed by atoms with Gasteiger partial charge in [0.25, 0.3) is 0 Å². The van der Waals surface area contributed by atoms with E-state index in [1.165, 1.54) is 0 Å². The molecule has 0 bridgehead atoms. The third kappa shape index (κ3) is 3.63. The van der Waals surface area contributed by atoms with Crippen molar-refractivity contribution in [2.24, 2.45) is 0 Å². The van der Waals surface area contributed by atoms with Gasteiger partial charge >= 0.3 is 0 Å². The minimum Gasteiger partial charge on any atom is -0.387 e. The van der Waals surface area contributed by atoms with Crippen LogP contribution in [0.2, 0.25) is 5.02 Å². The van der Waals surface area contributed by atoms with Crippen molar-refractivity contribution < 1.29 is 14.6 Å². The third-order valence-corrected chi connectivity index (χ3v) is 5.10. The first-order chi connectivity index (χ1) is 10.7. The van der Waals surface area contributed by atoms with Gasteiger partial charge in [-0.2, -0.15) is 0 Å². The van der Waals surface area contributed by atoms with Gasteiger partial charge in [-0.1, -0.05) is 23.7 Å². The van der Waals surface area contributed by atoms with Gasteiger partial charge in [0.1, 0.15) is 0 Å². The molecule has 1 saturated heterocycles. The van der Waals surface area contributed by atoms with Crippen LogP contribution >= 0.6 is 11.6 Å². The van der Waals surface area contributed by atoms with Crippen LogP contribution in [0, 0.1) is 0 Å². The number of aliphatic hydroxyl groups is 1. The second-order valence-electron chi connectivity index (χ2n) is 6.21. The fraction of sp³-hybridized carbons (Fsp3) is 0.647. The lowest BCUT2D eigenvalue weighted by Gasteiger charge is -2.46. The molecule has 0 spiro atoms. The molecule has 0 aromatic heterocycles. The summed E-state index contributed by atoms with van der Waals surface area (Å²) < 4.78 is 11.4. The third-order valence-electron chi connectivity index (χ3n) is 4.86. The summed E-state index contributed by atoms with van der Waals surface area (Å²) in [6.07, 6.45) is 3.11. The molecule has 4 atom stereocenters. The summed E-state index contributed by atoms with van der Waals surface area (Å²) in [5, 5.41) is 11.2. The molecular weight excluding hydrogens is 302 g/mol. The summed E-state index contributed by atoms with van der Waals surface area (Å²) in [6.45, 7) is 2.21. The number of halogens is 1. The Bertz CT molecular complexity index is 499. The van der Waals surface area contributed by atoms with Crippen LogP contribution in [-0.2, 0) is 9.47 Å². The van der Waals surface area contributed by atoms with Gasteiger partial charge in [0.15, 0.2) is 0 Å². The highest BCUT2D eigenvalue weighted by Crippen LogP contribution is 2.31. The van der Waals surface area contributed by atoms with E-state index in [9.17, 15) is 5.11 Å². The molecule has 122 valence electrons. The maximum Gasteiger partial charge on any atom is 0.0917 e. The minimum absolute atomic E-state index is 0.270. The fourth-order valence-electron chi connectivity index (χ4n) is 3.63. The van der Waals surface area contributed by atoms with Gasteiger partial charge in [0.2, 0.25) is 0 Å². The molecule has 1 aliphatic carbocycles. The summed E-state index contributed by atoms with van der Waals surface area (Å²) in [4.78, 5) is 2.35. The molecule has 1 N–H and O–H groups in total. The first kappa shape index (κ1) is 16.2. The Kier molecular flexibility index (Phi) is 5.37. The summed E-state index contributed by atoms with van der Waals surface area (Å²) in [5.74, 6) is 0. The Morgan fingerprint density at radius 3 is 3.09 bits per heavy atom. The highest BCUT2D eigenvalue weighted by molar-refractivity contribution is 6.30. The minimum atomic E-state index is -0.527. The Morgan fingerprint density at radius 1 is 1.45 bits per heavy atom. The van der Waals surface area contributed by atoms with E-state index in [1.807, 2.05) is 24.3 Å². The topological polar surface area (TPSA) is 41.9 Å². The number of methoxy groups -OCH3 is 1. The normalized spacial score (nSPS) is 30.8. The van der Waals surface area contributed by atoms with E-state index in [0.29, 0.717) is 23.7 Å². The van der Waals surface area contributed by atoms with Crippen molar-refractivity contribution in [3.63, 3.8) is 0 Å². The molecule has 1 aromatic carbocycles. The number of hydrogen-bond donors (Lipinski definition) is 1. The number of morpholine rings is 1. The number of β-amino-alcohol motifs (C(OH)–C–C–N with tert-alkyl or cyclic N) is 1. The zero-order valence-corrected chi connectivity index (χ0v) is 13.7. The Labute approximate surface area is 137 Å². The predicted octanol–water partition coefficient (Wildman–Crippen LogP) is 2.64. The van der Waals surface area contributed by atoms with Crippen molar-refractivity contribution in [2.45, 2.75) is 43.6 Å². The number of rotatable bonds is 4. The predicted molar refractivity (Wildman–Crippen MR) is 86.2 cm³/mol. The summed E-state index contributed by atoms with van der Waals surface area (Å²) in [5.41, 5.74) is 0.870. The molecule has 2 aliphatic rings. The molecule has 3 rings (SSSR count). The highest BCUT2D eigenvalue weighted by atomic mass is 35.5. The highest BCUT2D eigenvalue weighted by Gasteiger charge is 2.38. The van der Waals surface area contributed by atoms with E-state index in [2.05, 4.69) is 4.90 Å². The van der Waals surface area contributed by atoms with E-state index < -0.39 is 6.10 Å². The van der Waals surface area contributed by atoms with E-state index in [0.717, 1.165) is 38.0 Å². The van der Waals surface area contributed by atoms with E-state index in [1.54, 1.807) is 7.11 Å². The van der Waals surface area contributed by atoms with Gasteiger partial charge in [-0.3, -0.25) is 4.90 Å². The quantitative estimate of drug-likeness (QED) is 0.924. The Balaban J connectivity index is 1.67. The second-order valence-corrected chi connectivity index (χ2v) is 6.65. The van der Waals surface area contributed by atoms with Crippen LogP contribution in [-0.4, -0.2) is 55.1 Å². The average molecular weight is 326 g/mol. The SMILES string of the molecule is CO[C@@H]1CC[C@H]2OCCN(C[C@@H](O)c3cccc(Cl)c3)[C@@H]2C1. The molecule has 4 nitrogen and oxygen atoms in total. The largest absolute Gasteiger partial charge is 0.387 e. The van der Waals surface area contributed by atoms with Crippen LogP contribution in [0.3, 0.4) is 0 Å². The first-order valence-corrected chi connectivity index (χ1v) is 8.37. The number of nitrogens with zero attached hydrogens (tertiary/aromatic N) is 1. The van der Waals surface area contributed by atoms with Gasteiger partial charge in [0, 0.05) is 31.3 Å². The van der Waals surface area contributed by atoms with Crippen LogP contribution in [0.1, 0.15) is 30.9 Å². The van der Waals surface area contributed by atoms with Crippen molar-refractivity contribution in [3.8, 4) is 0 Å². The summed E-state index contributed by atoms with van der Waals surface area (Å²) in [6, 6.07) is 7.80. The van der Waals surface area contributed by atoms with Gasteiger partial charge < -0.3 is 14.6 Å². The molecule has 0 unspecified atom stereocenters. The molecule has 5 heteroatoms. The molecule has 2 fully saturated rings. The molecular formula is C17H24ClNO3. The molecule has 22 heavy (non-hydrogen) atoms. The van der Waals surface area contributed by atoms with Gasteiger partial charge in [-0.25, -0.2) is 0 Å². The van der Waals surface area contributed by atoms with Gasteiger partial charge in [0.05, 0.1) is 24.9 Å². The monoisotopic (exact) mass is 325 g/mol. The van der Waals surface area contributed by atoms with Crippen LogP contribution in [0.25, 0.3) is 0 Å². The maximum absolute atomic E-state index is 10.5. The van der Waals surface area contributed by atoms with E-state index >= 15 is 0 Å². The zero-order valence-electron chi connectivity index (χ0n) is 13.0. The molecule has 1 saturated carbocycles. The Morgan fingerprint density at radius 2 is 2.32 bits per heavy atom. The van der Waals surface area contributed by atoms with Crippen molar-refractivity contribution in [3.05, 3.63) is 34.9 Å². The number of aliphatic hydroxyl groups excluding tert-OH is 1. The van der Waals surface area contributed by atoms with Crippen LogP contribution in [0.4, 0.5) is 0 Å². The smallest absolute Gasteiger partial charge is 0.0917 e. The van der Waals surface area contributed by atoms with Crippen LogP contribution in [0.15, 0.2) is 24.3 Å². The van der Waals surface area contributed by atoms with Crippen molar-refractivity contribution >= 4 is 11.6 Å². The van der Waals surface area contributed by atoms with Crippen molar-refractivity contribution in [1.29, 1.82) is 0 Å². The van der Waals surface area contributed by atoms with Crippen LogP contribution < -0.4 is 0 Å². The number of fused-ring (bicyclic) bond motifs is 1. The lowest BCUT2D eigenvalue weighted by Crippen LogP contribution is -2.55. The molecule has 1 aliphatic heterocycles. The number of benzene rings is 1. The zero-order chi connectivity index (χ0) is 15.5. The second kappa shape index (κ2) is 7.28. The summed E-state index contributed by atoms with van der Waals surface area (Å²) >= 11 is 6.02. The van der Waals surface area contributed by atoms with Crippen molar-refractivity contribution in [1.82, 2.24) is 4.90 Å². The van der Waals surface area contributed by atoms with E-state index in [4.69, 9.17) is 21.1 Å². The molecule has 0 amide bonds. The van der Waals surface area contributed by atoms with Gasteiger partial charge in [-0.05, 0) is 37.0 Å². The van der Waals surface area contributed by atoms with Crippen LogP contribution in [0.5, 0.6) is 0 Å². The Hall–Kier alpha value is -0.650. The fourth-order valence-corrected chi connectivity index (χ4v) is 3.83. The summed E-state index contributed by atoms with van der Waals surface area (Å²) in [7, 11) is 1.78. The number of hydrogen-bond acceptors (Lipinski definition) is 4. The maximum atomic E-state index is 10.5. The first-order valence-electron chi connectivity index (χ1n) is 7.99.